The summed E-state index contributed by atoms with van der Waals surface area (Å²) in [4.78, 5) is 0. The minimum absolute atomic E-state index is 0.0771. The third-order valence-corrected chi connectivity index (χ3v) is 3.83. The van der Waals surface area contributed by atoms with Crippen molar-refractivity contribution >= 4 is 15.9 Å². The van der Waals surface area contributed by atoms with Crippen LogP contribution < -0.4 is 9.44 Å². The molecule has 5 nitrogen and oxygen atoms in total. The number of nitrogens with one attached hydrogen (secondary N) is 2. The molecule has 1 aliphatic carbocycles. The zero-order chi connectivity index (χ0) is 13.9. The standard InChI is InChI=1S/C13H16N2O3S/c1-10-9-13(5-4-11(10)3-2-8-16)15-19(17,18)14-12-6-7-12/h4-5,9,12,14-16H,6-8H2,1H3. The molecule has 0 aromatic heterocycles. The smallest absolute Gasteiger partial charge is 0.299 e. The highest BCUT2D eigenvalue weighted by molar-refractivity contribution is 7.90. The lowest BCUT2D eigenvalue weighted by Crippen LogP contribution is -2.31. The lowest BCUT2D eigenvalue weighted by molar-refractivity contribution is 0.350. The molecule has 0 amide bonds. The van der Waals surface area contributed by atoms with E-state index in [1.165, 1.54) is 0 Å². The summed E-state index contributed by atoms with van der Waals surface area (Å²) in [5, 5.41) is 8.64. The second-order valence-electron chi connectivity index (χ2n) is 4.49. The van der Waals surface area contributed by atoms with Crippen molar-refractivity contribution in [3.05, 3.63) is 29.3 Å². The van der Waals surface area contributed by atoms with Gasteiger partial charge in [-0.1, -0.05) is 11.8 Å². The van der Waals surface area contributed by atoms with Gasteiger partial charge in [-0.05, 0) is 43.5 Å². The van der Waals surface area contributed by atoms with E-state index in [0.717, 1.165) is 24.0 Å². The van der Waals surface area contributed by atoms with Gasteiger partial charge in [-0.2, -0.15) is 13.1 Å². The fourth-order valence-electron chi connectivity index (χ4n) is 1.61. The maximum atomic E-state index is 11.7. The Morgan fingerprint density at radius 2 is 2.16 bits per heavy atom. The fraction of sp³-hybridized carbons (Fsp3) is 0.385. The SMILES string of the molecule is Cc1cc(NS(=O)(=O)NC2CC2)ccc1C#CCO. The quantitative estimate of drug-likeness (QED) is 0.712. The molecule has 3 N–H and O–H groups in total. The van der Waals surface area contributed by atoms with E-state index in [4.69, 9.17) is 5.11 Å². The first-order valence-electron chi connectivity index (χ1n) is 6.00. The molecule has 1 aliphatic rings. The van der Waals surface area contributed by atoms with Crippen LogP contribution in [0, 0.1) is 18.8 Å². The van der Waals surface area contributed by atoms with E-state index in [0.29, 0.717) is 5.69 Å². The zero-order valence-corrected chi connectivity index (χ0v) is 11.4. The van der Waals surface area contributed by atoms with E-state index >= 15 is 0 Å². The molecule has 0 radical (unpaired) electrons. The maximum Gasteiger partial charge on any atom is 0.299 e. The van der Waals surface area contributed by atoms with Crippen LogP contribution in [0.3, 0.4) is 0 Å². The predicted octanol–water partition coefficient (Wildman–Crippen LogP) is 0.748. The van der Waals surface area contributed by atoms with Gasteiger partial charge >= 0.3 is 0 Å². The zero-order valence-electron chi connectivity index (χ0n) is 10.6. The van der Waals surface area contributed by atoms with Gasteiger partial charge in [-0.15, -0.1) is 0 Å². The molecule has 102 valence electrons. The average Bonchev–Trinajstić information content (AvgIpc) is 3.10. The first-order chi connectivity index (χ1) is 9.00. The van der Waals surface area contributed by atoms with Crippen molar-refractivity contribution in [1.82, 2.24) is 4.72 Å². The van der Waals surface area contributed by atoms with Crippen LogP contribution in [0.4, 0.5) is 5.69 Å². The Kier molecular flexibility index (Phi) is 4.10. The number of hydrogen-bond donors (Lipinski definition) is 3. The van der Waals surface area contributed by atoms with E-state index in [1.54, 1.807) is 18.2 Å². The number of rotatable bonds is 4. The molecule has 19 heavy (non-hydrogen) atoms. The molecule has 1 aromatic rings. The first kappa shape index (κ1) is 13.9. The second kappa shape index (κ2) is 5.61. The number of aryl methyl sites for hydroxylation is 1. The van der Waals surface area contributed by atoms with Crippen molar-refractivity contribution in [2.24, 2.45) is 0 Å². The van der Waals surface area contributed by atoms with Crippen molar-refractivity contribution < 1.29 is 13.5 Å². The lowest BCUT2D eigenvalue weighted by Gasteiger charge is -2.09. The van der Waals surface area contributed by atoms with Crippen molar-refractivity contribution in [3.63, 3.8) is 0 Å². The van der Waals surface area contributed by atoms with Crippen molar-refractivity contribution in [1.29, 1.82) is 0 Å². The van der Waals surface area contributed by atoms with Gasteiger partial charge in [0.05, 0.1) is 5.69 Å². The topological polar surface area (TPSA) is 78.4 Å². The molecule has 2 rings (SSSR count). The Balaban J connectivity index is 2.11. The second-order valence-corrected chi connectivity index (χ2v) is 5.93. The van der Waals surface area contributed by atoms with Crippen LogP contribution in [0.1, 0.15) is 24.0 Å². The average molecular weight is 280 g/mol. The molecule has 1 aromatic carbocycles. The molecule has 0 unspecified atom stereocenters. The predicted molar refractivity (Wildman–Crippen MR) is 73.8 cm³/mol. The Morgan fingerprint density at radius 3 is 2.74 bits per heavy atom. The van der Waals surface area contributed by atoms with Gasteiger partial charge in [-0.3, -0.25) is 4.72 Å². The summed E-state index contributed by atoms with van der Waals surface area (Å²) in [7, 11) is -3.49. The van der Waals surface area contributed by atoms with Gasteiger partial charge in [0.2, 0.25) is 0 Å². The largest absolute Gasteiger partial charge is 0.384 e. The van der Waals surface area contributed by atoms with E-state index in [1.807, 2.05) is 6.92 Å². The molecule has 0 heterocycles. The van der Waals surface area contributed by atoms with Gasteiger partial charge < -0.3 is 5.11 Å². The van der Waals surface area contributed by atoms with E-state index < -0.39 is 10.2 Å². The summed E-state index contributed by atoms with van der Waals surface area (Å²) in [6, 6.07) is 5.18. The Hall–Kier alpha value is -1.55. The van der Waals surface area contributed by atoms with Gasteiger partial charge in [0.25, 0.3) is 10.2 Å². The lowest BCUT2D eigenvalue weighted by atomic mass is 10.1. The highest BCUT2D eigenvalue weighted by atomic mass is 32.2. The monoisotopic (exact) mass is 280 g/mol. The Labute approximate surface area is 113 Å². The number of anilines is 1. The maximum absolute atomic E-state index is 11.7. The number of aliphatic hydroxyl groups is 1. The van der Waals surface area contributed by atoms with Crippen LogP contribution in [0.2, 0.25) is 0 Å². The number of benzene rings is 1. The summed E-state index contributed by atoms with van der Waals surface area (Å²) in [5.41, 5.74) is 2.12. The normalized spacial score (nSPS) is 14.6. The van der Waals surface area contributed by atoms with Crippen molar-refractivity contribution in [2.75, 3.05) is 11.3 Å². The Morgan fingerprint density at radius 1 is 1.42 bits per heavy atom. The first-order valence-corrected chi connectivity index (χ1v) is 7.49. The molecule has 0 bridgehead atoms. The minimum Gasteiger partial charge on any atom is -0.384 e. The van der Waals surface area contributed by atoms with E-state index in [9.17, 15) is 8.42 Å². The van der Waals surface area contributed by atoms with Crippen LogP contribution in [0.25, 0.3) is 0 Å². The van der Waals surface area contributed by atoms with Crippen LogP contribution in [0.5, 0.6) is 0 Å². The Bertz CT molecular complexity index is 625. The third kappa shape index (κ3) is 4.24. The summed E-state index contributed by atoms with van der Waals surface area (Å²) >= 11 is 0. The minimum atomic E-state index is -3.49. The summed E-state index contributed by atoms with van der Waals surface area (Å²) in [5.74, 6) is 5.36. The molecular weight excluding hydrogens is 264 g/mol. The van der Waals surface area contributed by atoms with Crippen molar-refractivity contribution in [3.8, 4) is 11.8 Å². The summed E-state index contributed by atoms with van der Waals surface area (Å²) in [6.07, 6.45) is 1.80. The molecule has 6 heteroatoms. The summed E-state index contributed by atoms with van der Waals surface area (Å²) in [6.45, 7) is 1.65. The van der Waals surface area contributed by atoms with Gasteiger partial charge in [0.1, 0.15) is 6.61 Å². The van der Waals surface area contributed by atoms with Gasteiger partial charge in [0, 0.05) is 11.6 Å². The van der Waals surface area contributed by atoms with Crippen LogP contribution in [-0.4, -0.2) is 26.2 Å². The van der Waals surface area contributed by atoms with Crippen LogP contribution >= 0.6 is 0 Å². The van der Waals surface area contributed by atoms with E-state index in [-0.39, 0.29) is 12.6 Å². The fourth-order valence-corrected chi connectivity index (χ4v) is 2.78. The van der Waals surface area contributed by atoms with Crippen LogP contribution in [-0.2, 0) is 10.2 Å². The highest BCUT2D eigenvalue weighted by Gasteiger charge is 2.26. The number of aliphatic hydroxyl groups excluding tert-OH is 1. The third-order valence-electron chi connectivity index (χ3n) is 2.68. The molecular formula is C13H16N2O3S. The molecule has 0 saturated heterocycles. The van der Waals surface area contributed by atoms with Crippen molar-refractivity contribution in [2.45, 2.75) is 25.8 Å². The molecule has 0 spiro atoms. The molecule has 1 saturated carbocycles. The summed E-state index contributed by atoms with van der Waals surface area (Å²) < 4.78 is 28.5. The van der Waals surface area contributed by atoms with E-state index in [2.05, 4.69) is 21.3 Å². The molecule has 1 fully saturated rings. The molecule has 0 aliphatic heterocycles. The highest BCUT2D eigenvalue weighted by Crippen LogP contribution is 2.21. The van der Waals surface area contributed by atoms with Gasteiger partial charge in [0.15, 0.2) is 0 Å². The molecule has 0 atom stereocenters. The van der Waals surface area contributed by atoms with Crippen LogP contribution in [0.15, 0.2) is 18.2 Å². The number of hydrogen-bond acceptors (Lipinski definition) is 3. The van der Waals surface area contributed by atoms with Gasteiger partial charge in [-0.25, -0.2) is 0 Å².